The van der Waals surface area contributed by atoms with Crippen molar-refractivity contribution >= 4 is 27.8 Å². The topological polar surface area (TPSA) is 160 Å². The number of sulfonamides is 1. The molecule has 6 N–H and O–H groups in total. The first-order valence-electron chi connectivity index (χ1n) is 14.3. The lowest BCUT2D eigenvalue weighted by atomic mass is 9.96. The molecule has 0 aromatic heterocycles. The highest BCUT2D eigenvalue weighted by Crippen LogP contribution is 2.23. The van der Waals surface area contributed by atoms with Crippen LogP contribution in [0.15, 0.2) is 22.0 Å². The number of aliphatic imine (C=N–C) groups is 1. The molecule has 0 bridgehead atoms. The molecule has 39 heavy (non-hydrogen) atoms. The Morgan fingerprint density at radius 1 is 1.03 bits per heavy atom. The minimum Gasteiger partial charge on any atom is -0.369 e. The quantitative estimate of drug-likeness (QED) is 0.206. The lowest BCUT2D eigenvalue weighted by Gasteiger charge is -2.29. The fourth-order valence-electron chi connectivity index (χ4n) is 5.86. The van der Waals surface area contributed by atoms with Crippen molar-refractivity contribution in [3.05, 3.63) is 28.8 Å². The van der Waals surface area contributed by atoms with Crippen LogP contribution >= 0.6 is 0 Å². The van der Waals surface area contributed by atoms with Crippen LogP contribution in [0.25, 0.3) is 0 Å². The van der Waals surface area contributed by atoms with Crippen molar-refractivity contribution in [2.45, 2.75) is 114 Å². The molecule has 1 saturated heterocycles. The van der Waals surface area contributed by atoms with Gasteiger partial charge in [-0.25, -0.2) is 13.1 Å². The van der Waals surface area contributed by atoms with Crippen molar-refractivity contribution in [2.75, 3.05) is 13.1 Å². The molecule has 1 aromatic rings. The molecule has 1 aromatic carbocycles. The minimum absolute atomic E-state index is 0.0673. The van der Waals surface area contributed by atoms with Gasteiger partial charge < -0.3 is 21.7 Å². The molecule has 218 valence electrons. The number of rotatable bonds is 9. The second kappa shape index (κ2) is 14.1. The minimum atomic E-state index is -3.87. The first kappa shape index (κ1) is 30.9. The number of amides is 2. The Kier molecular flexibility index (Phi) is 11.2. The van der Waals surface area contributed by atoms with E-state index in [-0.39, 0.29) is 35.3 Å². The van der Waals surface area contributed by atoms with Crippen molar-refractivity contribution in [2.24, 2.45) is 16.5 Å². The number of nitrogens with one attached hydrogen (secondary N) is 2. The number of aryl methyl sites for hydroxylation is 3. The number of carbonyl (C=O) groups excluding carboxylic acids is 2. The number of hydrogen-bond donors (Lipinski definition) is 4. The zero-order chi connectivity index (χ0) is 28.6. The summed E-state index contributed by atoms with van der Waals surface area (Å²) < 4.78 is 28.0. The lowest BCUT2D eigenvalue weighted by molar-refractivity contribution is -0.139. The molecule has 2 amide bonds. The predicted molar refractivity (Wildman–Crippen MR) is 154 cm³/mol. The maximum Gasteiger partial charge on any atom is 0.264 e. The number of nitrogens with two attached hydrogens (primary N) is 2. The summed E-state index contributed by atoms with van der Waals surface area (Å²) >= 11 is 0. The summed E-state index contributed by atoms with van der Waals surface area (Å²) in [6.45, 7) is 6.14. The first-order chi connectivity index (χ1) is 18.5. The summed E-state index contributed by atoms with van der Waals surface area (Å²) in [5.41, 5.74) is 14.3. The van der Waals surface area contributed by atoms with Gasteiger partial charge in [-0.15, -0.1) is 0 Å². The van der Waals surface area contributed by atoms with E-state index in [0.717, 1.165) is 37.7 Å². The van der Waals surface area contributed by atoms with Crippen molar-refractivity contribution < 1.29 is 18.0 Å². The predicted octanol–water partition coefficient (Wildman–Crippen LogP) is 2.53. The number of benzene rings is 1. The Balaban J connectivity index is 1.48. The standard InChI is InChI=1S/C28H46N6O4S/c1-19-17-20(2)25(21(3)18-19)39(37,38)33-28(30)31-15-9-13-23(29)27(36)34-16-10-14-24(34)26(35)32-22-11-7-5-4-6-8-12-22/h17-18,22-24H,4-16,29H2,1-3H3,(H,32,35)(H3,30,31,33)/t23-,24-/m0/s1. The zero-order valence-electron chi connectivity index (χ0n) is 23.7. The molecule has 1 saturated carbocycles. The van der Waals surface area contributed by atoms with E-state index in [4.69, 9.17) is 11.5 Å². The van der Waals surface area contributed by atoms with E-state index in [2.05, 4.69) is 15.0 Å². The van der Waals surface area contributed by atoms with E-state index < -0.39 is 22.1 Å². The number of carbonyl (C=O) groups is 2. The third-order valence-corrected chi connectivity index (χ3v) is 9.33. The number of guanidine groups is 1. The molecule has 2 aliphatic rings. The van der Waals surface area contributed by atoms with E-state index in [1.54, 1.807) is 30.9 Å². The van der Waals surface area contributed by atoms with Crippen LogP contribution in [0.3, 0.4) is 0 Å². The van der Waals surface area contributed by atoms with Gasteiger partial charge in [-0.1, -0.05) is 49.8 Å². The highest BCUT2D eigenvalue weighted by molar-refractivity contribution is 7.90. The Morgan fingerprint density at radius 2 is 1.64 bits per heavy atom. The van der Waals surface area contributed by atoms with E-state index >= 15 is 0 Å². The van der Waals surface area contributed by atoms with Crippen LogP contribution in [0.2, 0.25) is 0 Å². The molecule has 0 unspecified atom stereocenters. The summed E-state index contributed by atoms with van der Waals surface area (Å²) in [6, 6.07) is 2.57. The van der Waals surface area contributed by atoms with E-state index in [0.29, 0.717) is 36.9 Å². The van der Waals surface area contributed by atoms with Crippen molar-refractivity contribution in [1.82, 2.24) is 14.9 Å². The first-order valence-corrected chi connectivity index (χ1v) is 15.7. The van der Waals surface area contributed by atoms with Gasteiger partial charge in [0.25, 0.3) is 10.0 Å². The third kappa shape index (κ3) is 8.66. The fourth-order valence-corrected chi connectivity index (χ4v) is 7.27. The largest absolute Gasteiger partial charge is 0.369 e. The van der Waals surface area contributed by atoms with Gasteiger partial charge in [0.1, 0.15) is 6.04 Å². The monoisotopic (exact) mass is 562 g/mol. The molecule has 3 rings (SSSR count). The number of hydrogen-bond acceptors (Lipinski definition) is 6. The van der Waals surface area contributed by atoms with Crippen LogP contribution in [0, 0.1) is 20.8 Å². The van der Waals surface area contributed by atoms with Crippen molar-refractivity contribution in [3.8, 4) is 0 Å². The molecule has 2 atom stereocenters. The van der Waals surface area contributed by atoms with Crippen LogP contribution in [-0.4, -0.2) is 62.3 Å². The third-order valence-electron chi connectivity index (χ3n) is 7.67. The Hall–Kier alpha value is -2.66. The van der Waals surface area contributed by atoms with E-state index in [9.17, 15) is 18.0 Å². The van der Waals surface area contributed by atoms with Crippen LogP contribution in [0.5, 0.6) is 0 Å². The van der Waals surface area contributed by atoms with Gasteiger partial charge in [0, 0.05) is 19.1 Å². The fraction of sp³-hybridized carbons (Fsp3) is 0.679. The van der Waals surface area contributed by atoms with E-state index in [1.807, 2.05) is 6.92 Å². The maximum absolute atomic E-state index is 13.1. The van der Waals surface area contributed by atoms with Crippen molar-refractivity contribution in [3.63, 3.8) is 0 Å². The van der Waals surface area contributed by atoms with Gasteiger partial charge in [0.15, 0.2) is 0 Å². The van der Waals surface area contributed by atoms with Crippen LogP contribution in [0.4, 0.5) is 0 Å². The zero-order valence-corrected chi connectivity index (χ0v) is 24.5. The molecule has 0 radical (unpaired) electrons. The summed E-state index contributed by atoms with van der Waals surface area (Å²) in [6.07, 6.45) is 10.2. The second-order valence-electron chi connectivity index (χ2n) is 11.1. The van der Waals surface area contributed by atoms with Crippen LogP contribution in [-0.2, 0) is 19.6 Å². The molecule has 1 aliphatic heterocycles. The van der Waals surface area contributed by atoms with Gasteiger partial charge in [-0.3, -0.25) is 14.6 Å². The molecule has 10 nitrogen and oxygen atoms in total. The van der Waals surface area contributed by atoms with Gasteiger partial charge >= 0.3 is 0 Å². The molecule has 2 fully saturated rings. The second-order valence-corrected chi connectivity index (χ2v) is 12.7. The van der Waals surface area contributed by atoms with Crippen molar-refractivity contribution in [1.29, 1.82) is 0 Å². The SMILES string of the molecule is Cc1cc(C)c(S(=O)(=O)NC(N)=NCCC[C@H](N)C(=O)N2CCC[C@H]2C(=O)NC2CCCCCCC2)c(C)c1. The van der Waals surface area contributed by atoms with Gasteiger partial charge in [0.2, 0.25) is 17.8 Å². The average Bonchev–Trinajstić information content (AvgIpc) is 3.31. The highest BCUT2D eigenvalue weighted by Gasteiger charge is 2.36. The van der Waals surface area contributed by atoms with Crippen LogP contribution < -0.4 is 21.5 Å². The Labute approximate surface area is 233 Å². The molecule has 0 spiro atoms. The summed E-state index contributed by atoms with van der Waals surface area (Å²) in [5.74, 6) is -0.504. The van der Waals surface area contributed by atoms with Gasteiger partial charge in [0.05, 0.1) is 10.9 Å². The Morgan fingerprint density at radius 3 is 2.28 bits per heavy atom. The summed E-state index contributed by atoms with van der Waals surface area (Å²) in [7, 11) is -3.87. The average molecular weight is 563 g/mol. The van der Waals surface area contributed by atoms with Gasteiger partial charge in [-0.05, 0) is 70.4 Å². The highest BCUT2D eigenvalue weighted by atomic mass is 32.2. The summed E-state index contributed by atoms with van der Waals surface area (Å²) in [5, 5.41) is 3.20. The molecular weight excluding hydrogens is 516 g/mol. The molecule has 1 heterocycles. The molecule has 11 heteroatoms. The van der Waals surface area contributed by atoms with E-state index in [1.165, 1.54) is 19.3 Å². The summed E-state index contributed by atoms with van der Waals surface area (Å²) in [4.78, 5) is 32.0. The van der Waals surface area contributed by atoms with Gasteiger partial charge in [-0.2, -0.15) is 0 Å². The molecule has 1 aliphatic carbocycles. The Bertz CT molecular complexity index is 1120. The number of nitrogens with zero attached hydrogens (tertiary/aromatic N) is 2. The lowest BCUT2D eigenvalue weighted by Crippen LogP contribution is -2.52. The smallest absolute Gasteiger partial charge is 0.264 e. The normalized spacial score (nSPS) is 20.3. The molecular formula is C28H46N6O4S. The maximum atomic E-state index is 13.1. The number of likely N-dealkylation sites (tertiary alicyclic amines) is 1. The van der Waals surface area contributed by atoms with Crippen LogP contribution in [0.1, 0.15) is 87.3 Å².